The summed E-state index contributed by atoms with van der Waals surface area (Å²) in [5.74, 6) is -0.0168. The first-order chi connectivity index (χ1) is 11.2. The zero-order valence-corrected chi connectivity index (χ0v) is 13.6. The molecule has 23 heavy (non-hydrogen) atoms. The third-order valence-electron chi connectivity index (χ3n) is 4.75. The molecule has 2 unspecified atom stereocenters. The van der Waals surface area contributed by atoms with E-state index in [-0.39, 0.29) is 11.9 Å². The second kappa shape index (κ2) is 5.58. The van der Waals surface area contributed by atoms with Gasteiger partial charge >= 0.3 is 5.97 Å². The number of nitrogens with zero attached hydrogens (tertiary/aromatic N) is 2. The molecule has 3 atom stereocenters. The number of amides is 1. The largest absolute Gasteiger partial charge is 0.465 e. The van der Waals surface area contributed by atoms with Gasteiger partial charge in [-0.1, -0.05) is 0 Å². The molecule has 2 fully saturated rings. The SMILES string of the molecule is COC(=O)c1csc2cnc(C(=O)NC3CN4CC[C@H]3C4)cc12. The van der Waals surface area contributed by atoms with Gasteiger partial charge in [-0.2, -0.15) is 0 Å². The number of thiophene rings is 1. The Labute approximate surface area is 137 Å². The normalized spacial score (nSPS) is 25.7. The van der Waals surface area contributed by atoms with Gasteiger partial charge in [-0.25, -0.2) is 9.78 Å². The maximum absolute atomic E-state index is 12.5. The average Bonchev–Trinajstić information content (AvgIpc) is 3.28. The van der Waals surface area contributed by atoms with Crippen LogP contribution < -0.4 is 5.32 Å². The van der Waals surface area contributed by atoms with Gasteiger partial charge in [-0.05, 0) is 24.9 Å². The van der Waals surface area contributed by atoms with Crippen LogP contribution in [0.25, 0.3) is 10.1 Å². The maximum Gasteiger partial charge on any atom is 0.339 e. The molecule has 0 spiro atoms. The van der Waals surface area contributed by atoms with E-state index in [1.165, 1.54) is 18.4 Å². The number of pyridine rings is 1. The lowest BCUT2D eigenvalue weighted by atomic mass is 10.00. The molecule has 2 aromatic rings. The highest BCUT2D eigenvalue weighted by molar-refractivity contribution is 7.17. The minimum absolute atomic E-state index is 0.173. The summed E-state index contributed by atoms with van der Waals surface area (Å²) in [5, 5.41) is 5.55. The number of nitrogens with one attached hydrogen (secondary N) is 1. The second-order valence-electron chi connectivity index (χ2n) is 6.09. The van der Waals surface area contributed by atoms with Crippen LogP contribution in [0.15, 0.2) is 17.6 Å². The number of fused-ring (bicyclic) bond motifs is 3. The van der Waals surface area contributed by atoms with Crippen molar-refractivity contribution in [1.82, 2.24) is 15.2 Å². The molecular weight excluding hydrogens is 314 g/mol. The minimum Gasteiger partial charge on any atom is -0.465 e. The summed E-state index contributed by atoms with van der Waals surface area (Å²) in [4.78, 5) is 30.9. The maximum atomic E-state index is 12.5. The molecule has 0 saturated carbocycles. The summed E-state index contributed by atoms with van der Waals surface area (Å²) in [7, 11) is 1.35. The summed E-state index contributed by atoms with van der Waals surface area (Å²) >= 11 is 1.42. The standard InChI is InChI=1S/C16H17N3O3S/c1-22-16(21)11-8-23-14-5-17-12(4-10(11)14)15(20)18-13-7-19-3-2-9(13)6-19/h4-5,8-9,13H,2-3,6-7H2,1H3,(H,18,20)/t9-,13?/m0/s1. The fraction of sp³-hybridized carbons (Fsp3) is 0.438. The molecule has 7 heteroatoms. The third kappa shape index (κ3) is 2.49. The van der Waals surface area contributed by atoms with Crippen molar-refractivity contribution in [1.29, 1.82) is 0 Å². The number of hydrogen-bond donors (Lipinski definition) is 1. The molecule has 0 aliphatic carbocycles. The highest BCUT2D eigenvalue weighted by atomic mass is 32.1. The first kappa shape index (κ1) is 14.6. The molecular formula is C16H17N3O3S. The van der Waals surface area contributed by atoms with Gasteiger partial charge in [0.2, 0.25) is 0 Å². The average molecular weight is 331 g/mol. The molecule has 1 N–H and O–H groups in total. The molecule has 2 aliphatic rings. The molecule has 0 aromatic carbocycles. The summed E-state index contributed by atoms with van der Waals surface area (Å²) in [5.41, 5.74) is 0.828. The van der Waals surface area contributed by atoms with Gasteiger partial charge in [0.1, 0.15) is 5.69 Å². The zero-order valence-electron chi connectivity index (χ0n) is 12.7. The van der Waals surface area contributed by atoms with Crippen molar-refractivity contribution in [3.63, 3.8) is 0 Å². The number of methoxy groups -OCH3 is 1. The fourth-order valence-electron chi connectivity index (χ4n) is 3.52. The van der Waals surface area contributed by atoms with Gasteiger partial charge in [0.05, 0.1) is 17.4 Å². The van der Waals surface area contributed by atoms with E-state index in [9.17, 15) is 9.59 Å². The molecule has 4 rings (SSSR count). The minimum atomic E-state index is -0.394. The Hall–Kier alpha value is -1.99. The fourth-order valence-corrected chi connectivity index (χ4v) is 4.39. The van der Waals surface area contributed by atoms with E-state index < -0.39 is 5.97 Å². The Bertz CT molecular complexity index is 788. The lowest BCUT2D eigenvalue weighted by Crippen LogP contribution is -2.43. The van der Waals surface area contributed by atoms with Crippen molar-refractivity contribution < 1.29 is 14.3 Å². The summed E-state index contributed by atoms with van der Waals surface area (Å²) in [6, 6.07) is 1.89. The van der Waals surface area contributed by atoms with E-state index >= 15 is 0 Å². The van der Waals surface area contributed by atoms with Crippen LogP contribution >= 0.6 is 11.3 Å². The highest BCUT2D eigenvalue weighted by Gasteiger charge is 2.38. The number of rotatable bonds is 3. The Morgan fingerprint density at radius 1 is 1.43 bits per heavy atom. The molecule has 1 amide bonds. The number of piperidine rings is 1. The number of hydrogen-bond acceptors (Lipinski definition) is 6. The van der Waals surface area contributed by atoms with Gasteiger partial charge in [-0.3, -0.25) is 4.79 Å². The lowest BCUT2D eigenvalue weighted by Gasteiger charge is -2.22. The van der Waals surface area contributed by atoms with Crippen molar-refractivity contribution in [3.05, 3.63) is 28.9 Å². The zero-order chi connectivity index (χ0) is 16.0. The summed E-state index contributed by atoms with van der Waals surface area (Å²) in [6.45, 7) is 3.14. The second-order valence-corrected chi connectivity index (χ2v) is 7.01. The molecule has 120 valence electrons. The predicted octanol–water partition coefficient (Wildman–Crippen LogP) is 1.52. The van der Waals surface area contributed by atoms with E-state index in [4.69, 9.17) is 4.74 Å². The van der Waals surface area contributed by atoms with Gasteiger partial charge in [0, 0.05) is 36.1 Å². The van der Waals surface area contributed by atoms with Crippen molar-refractivity contribution in [3.8, 4) is 0 Å². The van der Waals surface area contributed by atoms with E-state index in [0.29, 0.717) is 17.2 Å². The molecule has 2 aliphatic heterocycles. The number of carbonyl (C=O) groups is 2. The topological polar surface area (TPSA) is 71.5 Å². The number of ether oxygens (including phenoxy) is 1. The summed E-state index contributed by atoms with van der Waals surface area (Å²) in [6.07, 6.45) is 2.79. The quantitative estimate of drug-likeness (QED) is 0.864. The smallest absolute Gasteiger partial charge is 0.339 e. The van der Waals surface area contributed by atoms with Crippen molar-refractivity contribution >= 4 is 33.3 Å². The number of carbonyl (C=O) groups excluding carboxylic acids is 2. The van der Waals surface area contributed by atoms with Crippen LogP contribution in [0.3, 0.4) is 0 Å². The highest BCUT2D eigenvalue weighted by Crippen LogP contribution is 2.29. The first-order valence-corrected chi connectivity index (χ1v) is 8.52. The third-order valence-corrected chi connectivity index (χ3v) is 5.68. The van der Waals surface area contributed by atoms with Crippen LogP contribution in [0.5, 0.6) is 0 Å². The van der Waals surface area contributed by atoms with Gasteiger partial charge in [-0.15, -0.1) is 11.3 Å². The van der Waals surface area contributed by atoms with Crippen molar-refractivity contribution in [2.24, 2.45) is 5.92 Å². The molecule has 2 saturated heterocycles. The van der Waals surface area contributed by atoms with Gasteiger partial charge < -0.3 is 15.0 Å². The van der Waals surface area contributed by atoms with E-state index in [1.807, 2.05) is 0 Å². The molecule has 4 heterocycles. The van der Waals surface area contributed by atoms with E-state index in [0.717, 1.165) is 36.1 Å². The van der Waals surface area contributed by atoms with Crippen molar-refractivity contribution in [2.75, 3.05) is 26.7 Å². The molecule has 0 radical (unpaired) electrons. The van der Waals surface area contributed by atoms with Crippen LogP contribution in [0.2, 0.25) is 0 Å². The van der Waals surface area contributed by atoms with Crippen LogP contribution in [-0.2, 0) is 4.74 Å². The Morgan fingerprint density at radius 3 is 3.00 bits per heavy atom. The number of aromatic nitrogens is 1. The first-order valence-electron chi connectivity index (χ1n) is 7.64. The van der Waals surface area contributed by atoms with Crippen LogP contribution in [0, 0.1) is 5.92 Å². The monoisotopic (exact) mass is 331 g/mol. The van der Waals surface area contributed by atoms with Crippen LogP contribution in [-0.4, -0.2) is 54.5 Å². The van der Waals surface area contributed by atoms with Crippen LogP contribution in [0.1, 0.15) is 27.3 Å². The Kier molecular flexibility index (Phi) is 3.54. The van der Waals surface area contributed by atoms with Crippen molar-refractivity contribution in [2.45, 2.75) is 12.5 Å². The predicted molar refractivity (Wildman–Crippen MR) is 86.8 cm³/mol. The Balaban J connectivity index is 1.58. The van der Waals surface area contributed by atoms with Gasteiger partial charge in [0.15, 0.2) is 0 Å². The van der Waals surface area contributed by atoms with E-state index in [2.05, 4.69) is 15.2 Å². The Morgan fingerprint density at radius 2 is 2.30 bits per heavy atom. The lowest BCUT2D eigenvalue weighted by molar-refractivity contribution is 0.0603. The van der Waals surface area contributed by atoms with E-state index in [1.54, 1.807) is 17.6 Å². The molecule has 2 bridgehead atoms. The van der Waals surface area contributed by atoms with Gasteiger partial charge in [0.25, 0.3) is 5.91 Å². The van der Waals surface area contributed by atoms with Crippen LogP contribution in [0.4, 0.5) is 0 Å². The summed E-state index contributed by atoms with van der Waals surface area (Å²) < 4.78 is 5.65. The molecule has 2 aromatic heterocycles. The molecule has 6 nitrogen and oxygen atoms in total. The number of esters is 1.